The van der Waals surface area contributed by atoms with Crippen LogP contribution >= 0.6 is 11.8 Å². The molecule has 0 bridgehead atoms. The molecule has 0 amide bonds. The molecule has 9 heteroatoms. The Morgan fingerprint density at radius 3 is 2.16 bits per heavy atom. The molecular weight excluding hydrogens is 414 g/mol. The molecule has 1 heterocycles. The summed E-state index contributed by atoms with van der Waals surface area (Å²) in [6, 6.07) is 2.03. The van der Waals surface area contributed by atoms with E-state index in [1.807, 2.05) is 0 Å². The van der Waals surface area contributed by atoms with Crippen LogP contribution in [0.5, 0.6) is 0 Å². The van der Waals surface area contributed by atoms with Gasteiger partial charge in [0.15, 0.2) is 0 Å². The molecule has 1 saturated heterocycles. The largest absolute Gasteiger partial charge is 0.314 e. The molecule has 1 aliphatic carbocycles. The third-order valence-electron chi connectivity index (χ3n) is 6.61. The first kappa shape index (κ1) is 26.9. The van der Waals surface area contributed by atoms with Crippen LogP contribution in [-0.2, 0) is 0 Å². The van der Waals surface area contributed by atoms with Gasteiger partial charge in [-0.25, -0.2) is 4.84 Å². The summed E-state index contributed by atoms with van der Waals surface area (Å²) in [6.45, 7) is 7.24. The molecule has 31 heavy (non-hydrogen) atoms. The maximum absolute atomic E-state index is 10.4. The predicted octanol–water partition coefficient (Wildman–Crippen LogP) is 1.85. The fourth-order valence-corrected chi connectivity index (χ4v) is 4.89. The average Bonchev–Trinajstić information content (AvgIpc) is 2.80. The Morgan fingerprint density at radius 1 is 0.774 bits per heavy atom. The maximum atomic E-state index is 10.4. The van der Waals surface area contributed by atoms with Crippen molar-refractivity contribution in [3.05, 3.63) is 4.91 Å². The van der Waals surface area contributed by atoms with Gasteiger partial charge >= 0.3 is 0 Å². The van der Waals surface area contributed by atoms with Crippen molar-refractivity contribution < 1.29 is 0 Å². The molecule has 0 unspecified atom stereocenters. The summed E-state index contributed by atoms with van der Waals surface area (Å²) in [7, 11) is 0. The van der Waals surface area contributed by atoms with Gasteiger partial charge in [0, 0.05) is 70.0 Å². The van der Waals surface area contributed by atoms with E-state index < -0.39 is 0 Å². The van der Waals surface area contributed by atoms with Crippen LogP contribution in [0.1, 0.15) is 64.2 Å². The molecule has 1 saturated carbocycles. The number of nitrogens with one attached hydrogen (secondary N) is 6. The Labute approximate surface area is 194 Å². The second-order valence-electron chi connectivity index (χ2n) is 9.09. The van der Waals surface area contributed by atoms with Crippen molar-refractivity contribution in [2.45, 2.75) is 88.4 Å². The van der Waals surface area contributed by atoms with E-state index in [9.17, 15) is 4.91 Å². The molecule has 0 aromatic heterocycles. The quantitative estimate of drug-likeness (QED) is 0.168. The zero-order valence-corrected chi connectivity index (χ0v) is 20.0. The zero-order valence-electron chi connectivity index (χ0n) is 19.3. The lowest BCUT2D eigenvalue weighted by Gasteiger charge is -2.34. The van der Waals surface area contributed by atoms with E-state index in [4.69, 9.17) is 11.8 Å². The number of rotatable bonds is 10. The van der Waals surface area contributed by atoms with Gasteiger partial charge in [-0.2, -0.15) is 4.91 Å². The van der Waals surface area contributed by atoms with E-state index in [0.717, 1.165) is 77.9 Å². The smallest absolute Gasteiger partial charge is 0.0811 e. The van der Waals surface area contributed by atoms with Gasteiger partial charge in [-0.1, -0.05) is 24.4 Å². The number of hydrogen-bond donors (Lipinski definition) is 6. The third-order valence-corrected chi connectivity index (χ3v) is 6.80. The Balaban J connectivity index is 1.91. The standard InChI is InChI=1S/C22H46ClN7O/c23-29-11-5-3-8-20-18-28-22-10-2-1-9-21(22)26-16-14-24-13-15-25-19(17-27-20)7-4-6-12-30-31/h19-22,24-29H,1-18H2/t19-,20+,21-,22-/m1/s1. The van der Waals surface area contributed by atoms with Crippen LogP contribution < -0.4 is 31.4 Å². The summed E-state index contributed by atoms with van der Waals surface area (Å²) in [6.07, 6.45) is 11.6. The van der Waals surface area contributed by atoms with Gasteiger partial charge in [0.2, 0.25) is 0 Å². The zero-order chi connectivity index (χ0) is 22.0. The summed E-state index contributed by atoms with van der Waals surface area (Å²) in [4.78, 5) is 13.1. The monoisotopic (exact) mass is 459 g/mol. The number of hydrogen-bond acceptors (Lipinski definition) is 8. The van der Waals surface area contributed by atoms with Crippen LogP contribution in [0.4, 0.5) is 0 Å². The SMILES string of the molecule is O=NCCCC[C@@H]1CN[C@@H](CCCCNCl)CN[C@@H]2CCCC[C@H]2NCCNCCN1. The molecule has 0 radical (unpaired) electrons. The minimum absolute atomic E-state index is 0.422. The van der Waals surface area contributed by atoms with Crippen LogP contribution in [-0.4, -0.2) is 76.5 Å². The highest BCUT2D eigenvalue weighted by molar-refractivity contribution is 6.13. The fourth-order valence-electron chi connectivity index (χ4n) is 4.76. The van der Waals surface area contributed by atoms with E-state index in [2.05, 4.69) is 36.6 Å². The second kappa shape index (κ2) is 18.1. The van der Waals surface area contributed by atoms with Gasteiger partial charge < -0.3 is 26.6 Å². The highest BCUT2D eigenvalue weighted by Gasteiger charge is 2.25. The lowest BCUT2D eigenvalue weighted by atomic mass is 9.90. The molecule has 8 nitrogen and oxygen atoms in total. The van der Waals surface area contributed by atoms with Crippen molar-refractivity contribution in [2.75, 3.05) is 52.4 Å². The van der Waals surface area contributed by atoms with Crippen LogP contribution in [0.25, 0.3) is 0 Å². The Hall–Kier alpha value is -0.350. The summed E-state index contributed by atoms with van der Waals surface area (Å²) in [5.74, 6) is 0. The van der Waals surface area contributed by atoms with E-state index in [1.165, 1.54) is 32.1 Å². The lowest BCUT2D eigenvalue weighted by Crippen LogP contribution is -2.54. The van der Waals surface area contributed by atoms with Crippen LogP contribution in [0.15, 0.2) is 5.18 Å². The van der Waals surface area contributed by atoms with Gasteiger partial charge in [-0.05, 0) is 56.7 Å². The maximum Gasteiger partial charge on any atom is 0.0811 e. The van der Waals surface area contributed by atoms with E-state index in [0.29, 0.717) is 30.7 Å². The summed E-state index contributed by atoms with van der Waals surface area (Å²) < 4.78 is 0. The molecule has 0 aromatic rings. The Kier molecular flexibility index (Phi) is 15.7. The van der Waals surface area contributed by atoms with Crippen molar-refractivity contribution in [2.24, 2.45) is 5.18 Å². The third kappa shape index (κ3) is 12.5. The van der Waals surface area contributed by atoms with Crippen molar-refractivity contribution in [3.8, 4) is 0 Å². The normalized spacial score (nSPS) is 29.5. The molecule has 182 valence electrons. The first-order valence-corrected chi connectivity index (χ1v) is 13.0. The van der Waals surface area contributed by atoms with Crippen molar-refractivity contribution in [1.82, 2.24) is 31.4 Å². The number of nitrogens with zero attached hydrogens (tertiary/aromatic N) is 1. The number of halogens is 1. The molecule has 6 N–H and O–H groups in total. The predicted molar refractivity (Wildman–Crippen MR) is 131 cm³/mol. The van der Waals surface area contributed by atoms with Crippen molar-refractivity contribution in [3.63, 3.8) is 0 Å². The van der Waals surface area contributed by atoms with Crippen LogP contribution in [0, 0.1) is 4.91 Å². The number of unbranched alkanes of at least 4 members (excludes halogenated alkanes) is 2. The molecule has 2 fully saturated rings. The summed E-state index contributed by atoms with van der Waals surface area (Å²) in [5, 5.41) is 21.8. The van der Waals surface area contributed by atoms with Crippen LogP contribution in [0.2, 0.25) is 0 Å². The average molecular weight is 460 g/mol. The first-order valence-electron chi connectivity index (χ1n) is 12.6. The Morgan fingerprint density at radius 2 is 1.42 bits per heavy atom. The van der Waals surface area contributed by atoms with Crippen molar-refractivity contribution in [1.29, 1.82) is 0 Å². The number of fused-ring (bicyclic) bond motifs is 1. The van der Waals surface area contributed by atoms with E-state index in [-0.39, 0.29) is 0 Å². The second-order valence-corrected chi connectivity index (χ2v) is 9.36. The fraction of sp³-hybridized carbons (Fsp3) is 1.00. The van der Waals surface area contributed by atoms with Crippen LogP contribution in [0.3, 0.4) is 0 Å². The number of nitroso groups, excluding NO2 is 1. The summed E-state index contributed by atoms with van der Waals surface area (Å²) in [5.41, 5.74) is 0. The first-order chi connectivity index (χ1) is 15.3. The molecule has 0 spiro atoms. The van der Waals surface area contributed by atoms with E-state index in [1.54, 1.807) is 0 Å². The van der Waals surface area contributed by atoms with Gasteiger partial charge in [0.25, 0.3) is 0 Å². The minimum Gasteiger partial charge on any atom is -0.314 e. The van der Waals surface area contributed by atoms with Gasteiger partial charge in [-0.15, -0.1) is 0 Å². The molecular formula is C22H46ClN7O. The molecule has 4 atom stereocenters. The minimum atomic E-state index is 0.422. The van der Waals surface area contributed by atoms with Gasteiger partial charge in [0.05, 0.1) is 6.54 Å². The molecule has 1 aliphatic heterocycles. The highest BCUT2D eigenvalue weighted by Crippen LogP contribution is 2.18. The van der Waals surface area contributed by atoms with Crippen molar-refractivity contribution >= 4 is 11.8 Å². The molecule has 2 rings (SSSR count). The Bertz CT molecular complexity index is 446. The van der Waals surface area contributed by atoms with Gasteiger partial charge in [0.1, 0.15) is 0 Å². The highest BCUT2D eigenvalue weighted by atomic mass is 35.5. The molecule has 2 aliphatic rings. The van der Waals surface area contributed by atoms with Gasteiger partial charge in [-0.3, -0.25) is 0 Å². The topological polar surface area (TPSA) is 102 Å². The molecule has 0 aromatic carbocycles. The summed E-state index contributed by atoms with van der Waals surface area (Å²) >= 11 is 5.63. The van der Waals surface area contributed by atoms with E-state index >= 15 is 0 Å². The lowest BCUT2D eigenvalue weighted by molar-refractivity contribution is 0.271.